The molecule has 0 saturated heterocycles. The Bertz CT molecular complexity index is 1180. The van der Waals surface area contributed by atoms with E-state index in [2.05, 4.69) is 37.2 Å². The number of amides is 1. The van der Waals surface area contributed by atoms with Crippen molar-refractivity contribution in [3.05, 3.63) is 128 Å². The average Bonchev–Trinajstić information content (AvgIpc) is 2.90. The molecule has 0 fully saturated rings. The number of halogens is 2. The molecule has 0 aliphatic carbocycles. The normalized spacial score (nSPS) is 10.5. The zero-order valence-electron chi connectivity index (χ0n) is 19.5. The summed E-state index contributed by atoms with van der Waals surface area (Å²) >= 11 is 6.97. The third-order valence-electron chi connectivity index (χ3n) is 5.30. The van der Waals surface area contributed by atoms with Gasteiger partial charge in [0.05, 0.1) is 0 Å². The molecule has 1 N–H and O–H groups in total. The van der Waals surface area contributed by atoms with E-state index in [0.29, 0.717) is 24.7 Å². The Kier molecular flexibility index (Phi) is 9.41. The number of alkyl carbamates (subject to hydrolysis) is 1. The van der Waals surface area contributed by atoms with Gasteiger partial charge in [0.1, 0.15) is 31.3 Å². The molecule has 36 heavy (non-hydrogen) atoms. The first kappa shape index (κ1) is 25.8. The van der Waals surface area contributed by atoms with Crippen LogP contribution in [-0.2, 0) is 31.1 Å². The summed E-state index contributed by atoms with van der Waals surface area (Å²) in [6.45, 7) is 1.20. The first-order valence-corrected chi connectivity index (χ1v) is 13.0. The molecule has 0 radical (unpaired) electrons. The topological polar surface area (TPSA) is 56.8 Å². The molecule has 0 spiro atoms. The van der Waals surface area contributed by atoms with E-state index in [1.54, 1.807) is 0 Å². The number of carbonyl (C=O) groups is 1. The fourth-order valence-electron chi connectivity index (χ4n) is 3.46. The van der Waals surface area contributed by atoms with Crippen LogP contribution < -0.4 is 14.8 Å². The van der Waals surface area contributed by atoms with Gasteiger partial charge in [-0.15, -0.1) is 0 Å². The first-order chi connectivity index (χ1) is 17.6. The van der Waals surface area contributed by atoms with Crippen LogP contribution in [0.1, 0.15) is 22.3 Å². The second-order valence-corrected chi connectivity index (χ2v) is 9.81. The van der Waals surface area contributed by atoms with E-state index in [9.17, 15) is 4.79 Å². The zero-order chi connectivity index (χ0) is 25.2. The van der Waals surface area contributed by atoms with Gasteiger partial charge in [-0.1, -0.05) is 92.5 Å². The summed E-state index contributed by atoms with van der Waals surface area (Å²) in [6.07, 6.45) is -0.530. The van der Waals surface area contributed by atoms with Crippen molar-refractivity contribution < 1.29 is 19.0 Å². The van der Waals surface area contributed by atoms with Crippen LogP contribution in [0.3, 0.4) is 0 Å². The van der Waals surface area contributed by atoms with Gasteiger partial charge in [0.25, 0.3) is 0 Å². The second-order valence-electron chi connectivity index (χ2n) is 7.98. The Morgan fingerprint density at radius 1 is 0.639 bits per heavy atom. The van der Waals surface area contributed by atoms with Crippen molar-refractivity contribution in [2.45, 2.75) is 26.4 Å². The van der Waals surface area contributed by atoms with E-state index >= 15 is 0 Å². The number of benzene rings is 4. The van der Waals surface area contributed by atoms with E-state index in [4.69, 9.17) is 14.2 Å². The van der Waals surface area contributed by atoms with Gasteiger partial charge in [0.2, 0.25) is 0 Å². The molecule has 0 aromatic heterocycles. The minimum absolute atomic E-state index is 0.0746. The van der Waals surface area contributed by atoms with E-state index in [1.807, 2.05) is 97.1 Å². The minimum Gasteiger partial charge on any atom is -0.489 e. The van der Waals surface area contributed by atoms with Gasteiger partial charge in [-0.2, -0.15) is 0 Å². The smallest absolute Gasteiger partial charge is 0.407 e. The van der Waals surface area contributed by atoms with E-state index in [-0.39, 0.29) is 13.2 Å². The Balaban J connectivity index is 1.33. The minimum atomic E-state index is -0.530. The van der Waals surface area contributed by atoms with Crippen LogP contribution >= 0.6 is 31.9 Å². The van der Waals surface area contributed by atoms with Gasteiger partial charge < -0.3 is 19.5 Å². The van der Waals surface area contributed by atoms with Gasteiger partial charge in [0.15, 0.2) is 0 Å². The second kappa shape index (κ2) is 13.1. The summed E-state index contributed by atoms with van der Waals surface area (Å²) in [5, 5.41) is 2.81. The molecule has 0 aliphatic rings. The molecule has 0 unspecified atom stereocenters. The molecule has 0 saturated carbocycles. The molecule has 1 amide bonds. The molecule has 184 valence electrons. The van der Waals surface area contributed by atoms with Gasteiger partial charge in [-0.3, -0.25) is 0 Å². The molecular weight excluding hydrogens is 586 g/mol. The fraction of sp³-hybridized carbons (Fsp3) is 0.138. The van der Waals surface area contributed by atoms with Crippen LogP contribution in [0, 0.1) is 0 Å². The molecular formula is C29H25Br2NO4. The Hall–Kier alpha value is -3.29. The lowest BCUT2D eigenvalue weighted by Gasteiger charge is -2.14. The van der Waals surface area contributed by atoms with Crippen LogP contribution in [0.4, 0.5) is 4.79 Å². The van der Waals surface area contributed by atoms with Crippen LogP contribution in [0.2, 0.25) is 0 Å². The van der Waals surface area contributed by atoms with Crippen molar-refractivity contribution in [2.24, 2.45) is 0 Å². The summed E-state index contributed by atoms with van der Waals surface area (Å²) in [7, 11) is 0. The molecule has 4 aromatic carbocycles. The molecule has 4 rings (SSSR count). The van der Waals surface area contributed by atoms with Gasteiger partial charge in [-0.05, 0) is 47.5 Å². The predicted octanol–water partition coefficient (Wildman–Crippen LogP) is 7.80. The first-order valence-electron chi connectivity index (χ1n) is 11.4. The van der Waals surface area contributed by atoms with Crippen molar-refractivity contribution in [3.8, 4) is 11.5 Å². The number of rotatable bonds is 10. The number of nitrogens with one attached hydrogen (secondary N) is 1. The third-order valence-corrected chi connectivity index (χ3v) is 6.29. The Labute approximate surface area is 227 Å². The lowest BCUT2D eigenvalue weighted by molar-refractivity contribution is 0.137. The number of hydrogen-bond acceptors (Lipinski definition) is 4. The highest BCUT2D eigenvalue weighted by molar-refractivity contribution is 9.10. The fourth-order valence-corrected chi connectivity index (χ4v) is 4.28. The highest BCUT2D eigenvalue weighted by Gasteiger charge is 2.11. The molecule has 7 heteroatoms. The Morgan fingerprint density at radius 2 is 1.14 bits per heavy atom. The van der Waals surface area contributed by atoms with Crippen LogP contribution in [0.5, 0.6) is 11.5 Å². The molecule has 0 atom stereocenters. The maximum Gasteiger partial charge on any atom is 0.407 e. The van der Waals surface area contributed by atoms with Crippen molar-refractivity contribution in [1.82, 2.24) is 5.32 Å². The van der Waals surface area contributed by atoms with Crippen molar-refractivity contribution in [2.75, 3.05) is 0 Å². The maximum atomic E-state index is 12.5. The van der Waals surface area contributed by atoms with Gasteiger partial charge in [-0.25, -0.2) is 4.79 Å². The average molecular weight is 611 g/mol. The lowest BCUT2D eigenvalue weighted by Crippen LogP contribution is -2.24. The summed E-state index contributed by atoms with van der Waals surface area (Å²) in [6, 6.07) is 31.2. The zero-order valence-corrected chi connectivity index (χ0v) is 22.6. The van der Waals surface area contributed by atoms with E-state index < -0.39 is 6.09 Å². The van der Waals surface area contributed by atoms with Crippen LogP contribution in [0.15, 0.2) is 106 Å². The summed E-state index contributed by atoms with van der Waals surface area (Å²) in [5.41, 5.74) is 3.73. The van der Waals surface area contributed by atoms with Crippen molar-refractivity contribution in [1.29, 1.82) is 0 Å². The largest absolute Gasteiger partial charge is 0.489 e. The predicted molar refractivity (Wildman–Crippen MR) is 147 cm³/mol. The van der Waals surface area contributed by atoms with Crippen LogP contribution in [-0.4, -0.2) is 6.09 Å². The molecule has 0 heterocycles. The highest BCUT2D eigenvalue weighted by atomic mass is 79.9. The number of hydrogen-bond donors (Lipinski definition) is 1. The Morgan fingerprint density at radius 3 is 1.69 bits per heavy atom. The van der Waals surface area contributed by atoms with Gasteiger partial charge in [0, 0.05) is 26.6 Å². The van der Waals surface area contributed by atoms with E-state index in [1.165, 1.54) is 0 Å². The van der Waals surface area contributed by atoms with Gasteiger partial charge >= 0.3 is 6.09 Å². The number of ether oxygens (including phenoxy) is 3. The van der Waals surface area contributed by atoms with Crippen molar-refractivity contribution in [3.63, 3.8) is 0 Å². The van der Waals surface area contributed by atoms with Crippen molar-refractivity contribution >= 4 is 38.0 Å². The quantitative estimate of drug-likeness (QED) is 0.199. The summed E-state index contributed by atoms with van der Waals surface area (Å²) < 4.78 is 19.2. The SMILES string of the molecule is O=C(NCc1cc(Br)ccc1OCc1ccccc1)OCc1cc(Br)ccc1OCc1ccccc1. The van der Waals surface area contributed by atoms with Crippen LogP contribution in [0.25, 0.3) is 0 Å². The summed E-state index contributed by atoms with van der Waals surface area (Å²) in [4.78, 5) is 12.5. The molecule has 0 bridgehead atoms. The number of carbonyl (C=O) groups excluding carboxylic acids is 1. The maximum absolute atomic E-state index is 12.5. The standard InChI is InChI=1S/C29H25Br2NO4/c30-25-11-13-27(34-18-21-7-3-1-4-8-21)23(15-25)17-32-29(33)36-20-24-16-26(31)12-14-28(24)35-19-22-9-5-2-6-10-22/h1-16H,17-20H2,(H,32,33). The van der Waals surface area contributed by atoms with E-state index in [0.717, 1.165) is 31.2 Å². The molecule has 5 nitrogen and oxygen atoms in total. The monoisotopic (exact) mass is 609 g/mol. The molecule has 4 aromatic rings. The third kappa shape index (κ3) is 7.86. The lowest BCUT2D eigenvalue weighted by atomic mass is 10.2. The molecule has 0 aliphatic heterocycles. The highest BCUT2D eigenvalue weighted by Crippen LogP contribution is 2.26. The summed E-state index contributed by atoms with van der Waals surface area (Å²) in [5.74, 6) is 1.37.